The van der Waals surface area contributed by atoms with Crippen LogP contribution in [0.5, 0.6) is 0 Å². The van der Waals surface area contributed by atoms with Gasteiger partial charge < -0.3 is 10.2 Å². The van der Waals surface area contributed by atoms with Crippen LogP contribution in [0.25, 0.3) is 0 Å². The summed E-state index contributed by atoms with van der Waals surface area (Å²) < 4.78 is 0. The lowest BCUT2D eigenvalue weighted by Gasteiger charge is -2.31. The average Bonchev–Trinajstić information content (AvgIpc) is 2.71. The third-order valence-electron chi connectivity index (χ3n) is 4.87. The molecule has 7 heteroatoms. The van der Waals surface area contributed by atoms with E-state index < -0.39 is 6.04 Å². The molecule has 0 bridgehead atoms. The second kappa shape index (κ2) is 12.2. The van der Waals surface area contributed by atoms with Gasteiger partial charge in [-0.05, 0) is 42.2 Å². The topological polar surface area (TPSA) is 49.4 Å². The van der Waals surface area contributed by atoms with E-state index in [2.05, 4.69) is 12.2 Å². The first-order chi connectivity index (χ1) is 14.4. The predicted molar refractivity (Wildman–Crippen MR) is 124 cm³/mol. The zero-order valence-corrected chi connectivity index (χ0v) is 19.5. The van der Waals surface area contributed by atoms with Crippen molar-refractivity contribution in [2.24, 2.45) is 0 Å². The van der Waals surface area contributed by atoms with Gasteiger partial charge in [-0.2, -0.15) is 0 Å². The lowest BCUT2D eigenvalue weighted by Crippen LogP contribution is -2.49. The molecule has 0 aliphatic heterocycles. The average molecular weight is 470 g/mol. The molecule has 1 atom stereocenters. The summed E-state index contributed by atoms with van der Waals surface area (Å²) in [5.74, 6) is -0.356. The number of amides is 2. The fourth-order valence-electron chi connectivity index (χ4n) is 3.17. The number of halogens is 3. The van der Waals surface area contributed by atoms with Crippen molar-refractivity contribution in [2.75, 3.05) is 6.54 Å². The van der Waals surface area contributed by atoms with Crippen molar-refractivity contribution in [3.63, 3.8) is 0 Å². The summed E-state index contributed by atoms with van der Waals surface area (Å²) in [5, 5.41) is 4.43. The van der Waals surface area contributed by atoms with E-state index >= 15 is 0 Å². The van der Waals surface area contributed by atoms with Gasteiger partial charge in [0.25, 0.3) is 0 Å². The van der Waals surface area contributed by atoms with Crippen LogP contribution < -0.4 is 5.32 Å². The molecule has 0 unspecified atom stereocenters. The normalized spacial score (nSPS) is 11.8. The highest BCUT2D eigenvalue weighted by Crippen LogP contribution is 2.24. The van der Waals surface area contributed by atoms with Crippen molar-refractivity contribution in [3.05, 3.63) is 68.7 Å². The predicted octanol–water partition coefficient (Wildman–Crippen LogP) is 5.91. The number of carbonyl (C=O) groups is 2. The maximum Gasteiger partial charge on any atom is 0.242 e. The molecule has 0 spiro atoms. The minimum absolute atomic E-state index is 0.0686. The summed E-state index contributed by atoms with van der Waals surface area (Å²) >= 11 is 18.6. The SMILES string of the molecule is CCCCNC(=O)[C@@H](CC)N(Cc1ccccc1Cl)C(=O)Cc1ccc(Cl)cc1Cl. The number of hydrogen-bond acceptors (Lipinski definition) is 2. The summed E-state index contributed by atoms with van der Waals surface area (Å²) in [5.41, 5.74) is 1.45. The monoisotopic (exact) mass is 468 g/mol. The van der Waals surface area contributed by atoms with E-state index in [0.29, 0.717) is 33.6 Å². The molecule has 0 saturated heterocycles. The fraction of sp³-hybridized carbons (Fsp3) is 0.391. The van der Waals surface area contributed by atoms with E-state index in [1.54, 1.807) is 29.2 Å². The number of benzene rings is 2. The molecule has 0 aromatic heterocycles. The van der Waals surface area contributed by atoms with Crippen molar-refractivity contribution in [2.45, 2.75) is 52.1 Å². The highest BCUT2D eigenvalue weighted by Gasteiger charge is 2.29. The first kappa shape index (κ1) is 24.5. The Morgan fingerprint density at radius 1 is 1.00 bits per heavy atom. The van der Waals surface area contributed by atoms with Crippen LogP contribution in [0.15, 0.2) is 42.5 Å². The zero-order chi connectivity index (χ0) is 22.1. The van der Waals surface area contributed by atoms with Gasteiger partial charge in [-0.25, -0.2) is 0 Å². The Balaban J connectivity index is 2.29. The molecule has 2 rings (SSSR count). The maximum absolute atomic E-state index is 13.3. The Labute approximate surface area is 193 Å². The number of nitrogens with one attached hydrogen (secondary N) is 1. The molecule has 0 heterocycles. The van der Waals surface area contributed by atoms with Crippen LogP contribution in [0.3, 0.4) is 0 Å². The zero-order valence-electron chi connectivity index (χ0n) is 17.3. The van der Waals surface area contributed by atoms with Crippen LogP contribution in [-0.4, -0.2) is 29.3 Å². The van der Waals surface area contributed by atoms with Crippen molar-refractivity contribution in [1.82, 2.24) is 10.2 Å². The van der Waals surface area contributed by atoms with Gasteiger partial charge in [-0.1, -0.05) is 79.3 Å². The molecule has 0 aliphatic carbocycles. The van der Waals surface area contributed by atoms with Gasteiger partial charge in [-0.15, -0.1) is 0 Å². The molecule has 162 valence electrons. The number of hydrogen-bond donors (Lipinski definition) is 1. The van der Waals surface area contributed by atoms with Crippen molar-refractivity contribution in [1.29, 1.82) is 0 Å². The molecule has 0 saturated carbocycles. The highest BCUT2D eigenvalue weighted by molar-refractivity contribution is 6.35. The summed E-state index contributed by atoms with van der Waals surface area (Å²) in [6.45, 7) is 4.78. The summed E-state index contributed by atoms with van der Waals surface area (Å²) in [4.78, 5) is 27.8. The van der Waals surface area contributed by atoms with Gasteiger partial charge in [0.15, 0.2) is 0 Å². The van der Waals surface area contributed by atoms with Crippen molar-refractivity contribution < 1.29 is 9.59 Å². The number of unbranched alkanes of at least 4 members (excludes halogenated alkanes) is 1. The number of nitrogens with zero attached hydrogens (tertiary/aromatic N) is 1. The van der Waals surface area contributed by atoms with Gasteiger partial charge in [0.1, 0.15) is 6.04 Å². The molecule has 2 amide bonds. The highest BCUT2D eigenvalue weighted by atomic mass is 35.5. The Hall–Kier alpha value is -1.75. The minimum Gasteiger partial charge on any atom is -0.354 e. The van der Waals surface area contributed by atoms with Crippen molar-refractivity contribution in [3.8, 4) is 0 Å². The lowest BCUT2D eigenvalue weighted by molar-refractivity contribution is -0.140. The quantitative estimate of drug-likeness (QED) is 0.440. The Morgan fingerprint density at radius 2 is 1.73 bits per heavy atom. The molecular formula is C23H27Cl3N2O2. The third-order valence-corrected chi connectivity index (χ3v) is 5.83. The minimum atomic E-state index is -0.600. The van der Waals surface area contributed by atoms with E-state index in [4.69, 9.17) is 34.8 Å². The lowest BCUT2D eigenvalue weighted by atomic mass is 10.1. The molecule has 2 aromatic rings. The number of rotatable bonds is 10. The molecule has 0 radical (unpaired) electrons. The van der Waals surface area contributed by atoms with Gasteiger partial charge >= 0.3 is 0 Å². The third kappa shape index (κ3) is 6.90. The summed E-state index contributed by atoms with van der Waals surface area (Å²) in [6, 6.07) is 11.8. The fourth-order valence-corrected chi connectivity index (χ4v) is 3.84. The first-order valence-electron chi connectivity index (χ1n) is 10.1. The largest absolute Gasteiger partial charge is 0.354 e. The molecule has 4 nitrogen and oxygen atoms in total. The maximum atomic E-state index is 13.3. The van der Waals surface area contributed by atoms with Crippen LogP contribution in [-0.2, 0) is 22.6 Å². The van der Waals surface area contributed by atoms with Crippen LogP contribution in [0, 0.1) is 0 Å². The van der Waals surface area contributed by atoms with Gasteiger partial charge in [0.05, 0.1) is 6.42 Å². The van der Waals surface area contributed by atoms with Crippen LogP contribution in [0.2, 0.25) is 15.1 Å². The van der Waals surface area contributed by atoms with Crippen LogP contribution in [0.1, 0.15) is 44.2 Å². The van der Waals surface area contributed by atoms with Crippen molar-refractivity contribution >= 4 is 46.6 Å². The van der Waals surface area contributed by atoms with Gasteiger partial charge in [0, 0.05) is 28.2 Å². The van der Waals surface area contributed by atoms with E-state index in [1.807, 2.05) is 25.1 Å². The molecule has 0 aliphatic rings. The standard InChI is InChI=1S/C23H27Cl3N2O2/c1-3-5-12-27-23(30)21(4-2)28(15-17-8-6-7-9-19(17)25)22(29)13-16-10-11-18(24)14-20(16)26/h6-11,14,21H,3-5,12-13,15H2,1-2H3,(H,27,30)/t21-/m1/s1. The number of carbonyl (C=O) groups excluding carboxylic acids is 2. The van der Waals surface area contributed by atoms with Gasteiger partial charge in [0.2, 0.25) is 11.8 Å². The van der Waals surface area contributed by atoms with Gasteiger partial charge in [-0.3, -0.25) is 9.59 Å². The van der Waals surface area contributed by atoms with E-state index in [0.717, 1.165) is 18.4 Å². The Morgan fingerprint density at radius 3 is 2.37 bits per heavy atom. The first-order valence-corrected chi connectivity index (χ1v) is 11.2. The molecular weight excluding hydrogens is 443 g/mol. The molecule has 1 N–H and O–H groups in total. The Kier molecular flexibility index (Phi) is 9.96. The molecule has 2 aromatic carbocycles. The van der Waals surface area contributed by atoms with Crippen LogP contribution in [0.4, 0.5) is 0 Å². The molecule has 0 fully saturated rings. The smallest absolute Gasteiger partial charge is 0.242 e. The van der Waals surface area contributed by atoms with Crippen LogP contribution >= 0.6 is 34.8 Å². The Bertz CT molecular complexity index is 873. The summed E-state index contributed by atoms with van der Waals surface area (Å²) in [6.07, 6.45) is 2.43. The van der Waals surface area contributed by atoms with E-state index in [-0.39, 0.29) is 24.8 Å². The molecule has 30 heavy (non-hydrogen) atoms. The summed E-state index contributed by atoms with van der Waals surface area (Å²) in [7, 11) is 0. The van der Waals surface area contributed by atoms with E-state index in [9.17, 15) is 9.59 Å². The van der Waals surface area contributed by atoms with E-state index in [1.165, 1.54) is 0 Å². The second-order valence-corrected chi connectivity index (χ2v) is 8.35. The second-order valence-electron chi connectivity index (χ2n) is 7.09.